The van der Waals surface area contributed by atoms with Crippen molar-refractivity contribution in [1.29, 1.82) is 0 Å². The maximum Gasteiger partial charge on any atom is 0.258 e. The zero-order chi connectivity index (χ0) is 22.2. The van der Waals surface area contributed by atoms with Crippen molar-refractivity contribution < 1.29 is 14.3 Å². The van der Waals surface area contributed by atoms with Crippen molar-refractivity contribution in [2.75, 3.05) is 38.2 Å². The third-order valence-corrected chi connectivity index (χ3v) is 5.32. The Hall–Kier alpha value is -3.18. The van der Waals surface area contributed by atoms with Gasteiger partial charge >= 0.3 is 0 Å². The number of aryl methyl sites for hydroxylation is 1. The average Bonchev–Trinajstić information content (AvgIpc) is 2.78. The lowest BCUT2D eigenvalue weighted by atomic mass is 10.00. The van der Waals surface area contributed by atoms with Crippen LogP contribution in [0.1, 0.15) is 39.6 Å². The fraction of sp³-hybridized carbons (Fsp3) is 0.308. The van der Waals surface area contributed by atoms with Gasteiger partial charge in [0.05, 0.1) is 0 Å². The Kier molecular flexibility index (Phi) is 7.79. The van der Waals surface area contributed by atoms with E-state index in [4.69, 9.17) is 4.74 Å². The molecule has 1 heterocycles. The van der Waals surface area contributed by atoms with Gasteiger partial charge in [-0.05, 0) is 62.7 Å². The number of carbonyl (C=O) groups excluding carboxylic acids is 2. The predicted molar refractivity (Wildman–Crippen MR) is 125 cm³/mol. The van der Waals surface area contributed by atoms with E-state index < -0.39 is 0 Å². The summed E-state index contributed by atoms with van der Waals surface area (Å²) in [5, 5.41) is 0. The summed E-state index contributed by atoms with van der Waals surface area (Å²) >= 11 is 0. The summed E-state index contributed by atoms with van der Waals surface area (Å²) in [5.41, 5.74) is 3.25. The zero-order valence-corrected chi connectivity index (χ0v) is 18.3. The van der Waals surface area contributed by atoms with E-state index >= 15 is 0 Å². The quantitative estimate of drug-likeness (QED) is 0.443. The van der Waals surface area contributed by atoms with E-state index in [1.165, 1.54) is 6.92 Å². The highest BCUT2D eigenvalue weighted by Gasteiger charge is 2.24. The largest absolute Gasteiger partial charge is 0.490 e. The van der Waals surface area contributed by atoms with Gasteiger partial charge < -0.3 is 9.64 Å². The second-order valence-corrected chi connectivity index (χ2v) is 7.78. The van der Waals surface area contributed by atoms with Crippen LogP contribution in [0.4, 0.5) is 5.69 Å². The van der Waals surface area contributed by atoms with Gasteiger partial charge in [-0.25, -0.2) is 0 Å². The third kappa shape index (κ3) is 5.92. The number of rotatable bonds is 9. The van der Waals surface area contributed by atoms with Crippen LogP contribution in [0.5, 0.6) is 5.75 Å². The van der Waals surface area contributed by atoms with Crippen LogP contribution in [0.25, 0.3) is 0 Å². The molecule has 0 aromatic heterocycles. The highest BCUT2D eigenvalue weighted by molar-refractivity contribution is 6.07. The molecule has 1 aliphatic rings. The summed E-state index contributed by atoms with van der Waals surface area (Å²) in [6.45, 7) is 8.15. The number of hydrogen-bond donors (Lipinski definition) is 0. The number of ketones is 1. The molecule has 0 spiro atoms. The van der Waals surface area contributed by atoms with E-state index in [9.17, 15) is 9.59 Å². The van der Waals surface area contributed by atoms with E-state index in [0.717, 1.165) is 42.9 Å². The summed E-state index contributed by atoms with van der Waals surface area (Å²) in [4.78, 5) is 28.5. The van der Waals surface area contributed by atoms with Gasteiger partial charge in [0.1, 0.15) is 12.4 Å². The smallest absolute Gasteiger partial charge is 0.258 e. The van der Waals surface area contributed by atoms with Crippen molar-refractivity contribution in [1.82, 2.24) is 4.90 Å². The summed E-state index contributed by atoms with van der Waals surface area (Å²) in [7, 11) is 2.04. The van der Waals surface area contributed by atoms with Crippen LogP contribution < -0.4 is 9.64 Å². The first kappa shape index (κ1) is 22.5. The molecule has 0 bridgehead atoms. The fourth-order valence-electron chi connectivity index (χ4n) is 3.64. The topological polar surface area (TPSA) is 49.9 Å². The molecule has 2 aromatic carbocycles. The lowest BCUT2D eigenvalue weighted by Crippen LogP contribution is -2.35. The monoisotopic (exact) mass is 418 g/mol. The minimum atomic E-state index is -0.0451. The van der Waals surface area contributed by atoms with Gasteiger partial charge in [0, 0.05) is 36.4 Å². The molecule has 0 radical (unpaired) electrons. The molecular formula is C26H30N2O3. The maximum absolute atomic E-state index is 13.1. The number of Topliss-reactive ketones (excluding diaryl/α,β-unsaturated/α-hetero) is 1. The third-order valence-electron chi connectivity index (χ3n) is 5.32. The van der Waals surface area contributed by atoms with Crippen LogP contribution in [0.2, 0.25) is 0 Å². The van der Waals surface area contributed by atoms with Gasteiger partial charge in [-0.1, -0.05) is 30.4 Å². The number of hydrogen-bond acceptors (Lipinski definition) is 4. The van der Waals surface area contributed by atoms with Gasteiger partial charge in [-0.3, -0.25) is 14.5 Å². The number of carbonyl (C=O) groups is 2. The normalized spacial score (nSPS) is 13.3. The van der Waals surface area contributed by atoms with Crippen molar-refractivity contribution in [3.05, 3.63) is 84.0 Å². The molecule has 162 valence electrons. The first-order valence-corrected chi connectivity index (χ1v) is 10.6. The van der Waals surface area contributed by atoms with Crippen LogP contribution in [-0.2, 0) is 6.42 Å². The highest BCUT2D eigenvalue weighted by atomic mass is 16.5. The Morgan fingerprint density at radius 1 is 1.10 bits per heavy atom. The lowest BCUT2D eigenvalue weighted by Gasteiger charge is -2.30. The number of fused-ring (bicyclic) bond motifs is 1. The molecule has 3 rings (SSSR count). The van der Waals surface area contributed by atoms with Crippen molar-refractivity contribution in [2.45, 2.75) is 19.8 Å². The van der Waals surface area contributed by atoms with E-state index in [0.29, 0.717) is 24.3 Å². The highest BCUT2D eigenvalue weighted by Crippen LogP contribution is 2.31. The molecule has 0 saturated heterocycles. The Balaban J connectivity index is 1.64. The second-order valence-electron chi connectivity index (χ2n) is 7.78. The van der Waals surface area contributed by atoms with Crippen LogP contribution in [-0.4, -0.2) is 49.9 Å². The standard InChI is InChI=1S/C26H30N2O3/c1-4-15-27(3)16-5-6-18-31-24-13-14-25-23(19-24)8-7-17-28(25)26(30)22-11-9-21(10-12-22)20(2)29/h4-6,9-14,19H,1,7-8,15-18H2,2-3H3. The number of benzene rings is 2. The Morgan fingerprint density at radius 2 is 1.84 bits per heavy atom. The number of likely N-dealkylation sites (N-methyl/N-ethyl adjacent to an activating group) is 1. The predicted octanol–water partition coefficient (Wildman–Crippen LogP) is 4.54. The SMILES string of the molecule is C=CCN(C)CC=CCOc1ccc2c(c1)CCCN2C(=O)c1ccc(C(C)=O)cc1. The lowest BCUT2D eigenvalue weighted by molar-refractivity contribution is 0.0981. The molecule has 5 heteroatoms. The van der Waals surface area contributed by atoms with Crippen molar-refractivity contribution in [3.63, 3.8) is 0 Å². The Morgan fingerprint density at radius 3 is 2.55 bits per heavy atom. The molecule has 1 aliphatic heterocycles. The Bertz CT molecular complexity index is 963. The van der Waals surface area contributed by atoms with Crippen molar-refractivity contribution in [3.8, 4) is 5.75 Å². The van der Waals surface area contributed by atoms with Crippen LogP contribution >= 0.6 is 0 Å². The summed E-state index contributed by atoms with van der Waals surface area (Å²) in [6.07, 6.45) is 7.80. The number of nitrogens with zero attached hydrogens (tertiary/aromatic N) is 2. The van der Waals surface area contributed by atoms with Gasteiger partial charge in [-0.2, -0.15) is 0 Å². The van der Waals surface area contributed by atoms with E-state index in [1.807, 2.05) is 42.3 Å². The fourth-order valence-corrected chi connectivity index (χ4v) is 3.64. The molecular weight excluding hydrogens is 388 g/mol. The Labute approximate surface area is 184 Å². The number of anilines is 1. The molecule has 0 saturated carbocycles. The van der Waals surface area contributed by atoms with Gasteiger partial charge in [0.25, 0.3) is 5.91 Å². The molecule has 0 fully saturated rings. The van der Waals surface area contributed by atoms with Crippen LogP contribution in [0, 0.1) is 0 Å². The number of amides is 1. The maximum atomic E-state index is 13.1. The van der Waals surface area contributed by atoms with E-state index in [1.54, 1.807) is 24.3 Å². The molecule has 5 nitrogen and oxygen atoms in total. The minimum absolute atomic E-state index is 0.00604. The summed E-state index contributed by atoms with van der Waals surface area (Å²) < 4.78 is 5.87. The summed E-state index contributed by atoms with van der Waals surface area (Å²) in [5.74, 6) is 0.757. The van der Waals surface area contributed by atoms with Gasteiger partial charge in [-0.15, -0.1) is 6.58 Å². The first-order chi connectivity index (χ1) is 15.0. The van der Waals surface area contributed by atoms with Crippen LogP contribution in [0.3, 0.4) is 0 Å². The molecule has 31 heavy (non-hydrogen) atoms. The van der Waals surface area contributed by atoms with Gasteiger partial charge in [0.2, 0.25) is 0 Å². The van der Waals surface area contributed by atoms with E-state index in [-0.39, 0.29) is 11.7 Å². The molecule has 2 aromatic rings. The minimum Gasteiger partial charge on any atom is -0.490 e. The molecule has 0 N–H and O–H groups in total. The average molecular weight is 419 g/mol. The molecule has 0 atom stereocenters. The van der Waals surface area contributed by atoms with E-state index in [2.05, 4.69) is 17.6 Å². The molecule has 1 amide bonds. The van der Waals surface area contributed by atoms with Crippen molar-refractivity contribution >= 4 is 17.4 Å². The zero-order valence-electron chi connectivity index (χ0n) is 18.3. The molecule has 0 unspecified atom stereocenters. The molecule has 0 aliphatic carbocycles. The first-order valence-electron chi connectivity index (χ1n) is 10.6. The second kappa shape index (κ2) is 10.7. The van der Waals surface area contributed by atoms with Gasteiger partial charge in [0.15, 0.2) is 5.78 Å². The number of ether oxygens (including phenoxy) is 1. The van der Waals surface area contributed by atoms with Crippen LogP contribution in [0.15, 0.2) is 67.3 Å². The summed E-state index contributed by atoms with van der Waals surface area (Å²) in [6, 6.07) is 12.8. The van der Waals surface area contributed by atoms with Crippen molar-refractivity contribution in [2.24, 2.45) is 0 Å².